The summed E-state index contributed by atoms with van der Waals surface area (Å²) in [4.78, 5) is 24.5. The van der Waals surface area contributed by atoms with Gasteiger partial charge in [-0.2, -0.15) is 0 Å². The summed E-state index contributed by atoms with van der Waals surface area (Å²) in [5.41, 5.74) is 0. The molecule has 0 aromatic rings. The zero-order chi connectivity index (χ0) is 59.2. The van der Waals surface area contributed by atoms with Gasteiger partial charge in [-0.25, -0.2) is 0 Å². The van der Waals surface area contributed by atoms with Gasteiger partial charge in [0.05, 0.1) is 25.4 Å². The van der Waals surface area contributed by atoms with E-state index in [0.717, 1.165) is 38.5 Å². The Morgan fingerprint density at radius 1 is 0.329 bits per heavy atom. The number of allylic oxidation sites excluding steroid dienone is 2. The van der Waals surface area contributed by atoms with Crippen molar-refractivity contribution in [1.82, 2.24) is 5.32 Å². The van der Waals surface area contributed by atoms with Gasteiger partial charge in [-0.05, 0) is 51.4 Å². The van der Waals surface area contributed by atoms with Gasteiger partial charge in [-0.15, -0.1) is 0 Å². The Balaban J connectivity index is 3.30. The van der Waals surface area contributed by atoms with Crippen molar-refractivity contribution in [3.63, 3.8) is 0 Å². The smallest absolute Gasteiger partial charge is 0.305 e. The molecule has 82 heavy (non-hydrogen) atoms. The van der Waals surface area contributed by atoms with Gasteiger partial charge in [0, 0.05) is 12.8 Å². The number of esters is 1. The fourth-order valence-corrected chi connectivity index (χ4v) is 12.3. The molecule has 0 saturated heterocycles. The Morgan fingerprint density at radius 3 is 0.866 bits per heavy atom. The van der Waals surface area contributed by atoms with E-state index in [1.807, 2.05) is 0 Å². The maximum atomic E-state index is 12.5. The fraction of sp³-hybridized carbons (Fsp3) is 0.947. The monoisotopic (exact) mass is 1160 g/mol. The van der Waals surface area contributed by atoms with E-state index < -0.39 is 12.1 Å². The van der Waals surface area contributed by atoms with Crippen LogP contribution in [0.3, 0.4) is 0 Å². The van der Waals surface area contributed by atoms with Crippen molar-refractivity contribution in [2.45, 2.75) is 450 Å². The van der Waals surface area contributed by atoms with Gasteiger partial charge in [-0.1, -0.05) is 386 Å². The second kappa shape index (κ2) is 72.1. The number of aliphatic hydroxyl groups excluding tert-OH is 2. The number of hydrogen-bond acceptors (Lipinski definition) is 5. The SMILES string of the molecule is CCCCCCCCCCCCCCCC(=O)OCCCCCCCCCCCCCCCCCCCC/C=C\CCCCCCCCCCCCCCCCCCCC(=O)NC(CO)C(O)CCCCCCCCCCCCCCC. The number of nitrogens with one attached hydrogen (secondary N) is 1. The molecule has 0 aliphatic carbocycles. The molecule has 6 nitrogen and oxygen atoms in total. The third kappa shape index (κ3) is 67.7. The van der Waals surface area contributed by atoms with E-state index in [4.69, 9.17) is 4.74 Å². The predicted molar refractivity (Wildman–Crippen MR) is 361 cm³/mol. The summed E-state index contributed by atoms with van der Waals surface area (Å²) in [7, 11) is 0. The molecule has 0 aromatic carbocycles. The molecule has 0 saturated carbocycles. The zero-order valence-corrected chi connectivity index (χ0v) is 56.0. The van der Waals surface area contributed by atoms with Crippen molar-refractivity contribution < 1.29 is 24.5 Å². The third-order valence-electron chi connectivity index (χ3n) is 18.1. The predicted octanol–water partition coefficient (Wildman–Crippen LogP) is 24.7. The molecule has 0 aliphatic rings. The maximum Gasteiger partial charge on any atom is 0.305 e. The first kappa shape index (κ1) is 80.6. The molecule has 0 aliphatic heterocycles. The van der Waals surface area contributed by atoms with Crippen molar-refractivity contribution in [2.24, 2.45) is 0 Å². The lowest BCUT2D eigenvalue weighted by Crippen LogP contribution is -2.45. The average Bonchev–Trinajstić information content (AvgIpc) is 3.48. The Labute approximate surface area is 514 Å². The van der Waals surface area contributed by atoms with E-state index in [0.29, 0.717) is 25.9 Å². The summed E-state index contributed by atoms with van der Waals surface area (Å²) in [5.74, 6) is -0.00294. The zero-order valence-electron chi connectivity index (χ0n) is 56.0. The van der Waals surface area contributed by atoms with Crippen LogP contribution in [0.2, 0.25) is 0 Å². The van der Waals surface area contributed by atoms with Crippen molar-refractivity contribution in [3.05, 3.63) is 12.2 Å². The topological polar surface area (TPSA) is 95.9 Å². The molecule has 0 bridgehead atoms. The average molecular weight is 1160 g/mol. The fourth-order valence-electron chi connectivity index (χ4n) is 12.3. The van der Waals surface area contributed by atoms with Crippen LogP contribution in [0, 0.1) is 0 Å². The maximum absolute atomic E-state index is 12.5. The molecule has 0 aromatic heterocycles. The van der Waals surface area contributed by atoms with Crippen molar-refractivity contribution in [2.75, 3.05) is 13.2 Å². The minimum absolute atomic E-state index is 0.0249. The number of rotatable bonds is 72. The molecule has 2 atom stereocenters. The minimum atomic E-state index is -0.659. The summed E-state index contributed by atoms with van der Waals surface area (Å²) >= 11 is 0. The lowest BCUT2D eigenvalue weighted by Gasteiger charge is -2.22. The van der Waals surface area contributed by atoms with Gasteiger partial charge in [0.25, 0.3) is 0 Å². The quantitative estimate of drug-likeness (QED) is 0.0320. The van der Waals surface area contributed by atoms with E-state index in [2.05, 4.69) is 31.3 Å². The van der Waals surface area contributed by atoms with Crippen LogP contribution in [-0.2, 0) is 14.3 Å². The van der Waals surface area contributed by atoms with Crippen LogP contribution in [-0.4, -0.2) is 47.4 Å². The number of hydrogen-bond donors (Lipinski definition) is 3. The number of ether oxygens (including phenoxy) is 1. The van der Waals surface area contributed by atoms with Crippen LogP contribution in [0.4, 0.5) is 0 Å². The molecule has 488 valence electrons. The molecule has 0 radical (unpaired) electrons. The number of amides is 1. The highest BCUT2D eigenvalue weighted by Gasteiger charge is 2.20. The number of carbonyl (C=O) groups excluding carboxylic acids is 2. The summed E-state index contributed by atoms with van der Waals surface area (Å²) in [6.07, 6.45) is 90.2. The minimum Gasteiger partial charge on any atom is -0.466 e. The molecular formula is C76H149NO5. The van der Waals surface area contributed by atoms with Crippen LogP contribution in [0.15, 0.2) is 12.2 Å². The molecule has 0 rings (SSSR count). The Kier molecular flexibility index (Phi) is 70.8. The highest BCUT2D eigenvalue weighted by molar-refractivity contribution is 5.76. The van der Waals surface area contributed by atoms with Crippen LogP contribution < -0.4 is 5.32 Å². The lowest BCUT2D eigenvalue weighted by molar-refractivity contribution is -0.143. The number of unbranched alkanes of at least 4 members (excludes halogenated alkanes) is 59. The number of aliphatic hydroxyl groups is 2. The second-order valence-corrected chi connectivity index (χ2v) is 26.3. The standard InChI is InChI=1S/C76H149NO5/c1-3-5-7-9-11-13-15-44-48-52-56-60-64-68-74(79)73(72-78)77-75(80)69-65-61-57-53-49-46-42-40-38-36-34-32-30-28-26-24-22-20-18-17-19-21-23-25-27-29-31-33-35-37-39-41-43-47-51-55-59-63-67-71-82-76(81)70-66-62-58-54-50-45-16-14-12-10-8-6-4-2/h17-18,73-74,78-79H,3-16,19-72H2,1-2H3,(H,77,80)/b18-17-. The summed E-state index contributed by atoms with van der Waals surface area (Å²) in [5, 5.41) is 23.3. The molecule has 3 N–H and O–H groups in total. The summed E-state index contributed by atoms with van der Waals surface area (Å²) < 4.78 is 5.49. The van der Waals surface area contributed by atoms with Gasteiger partial charge in [0.2, 0.25) is 5.91 Å². The first-order valence-corrected chi connectivity index (χ1v) is 37.9. The molecule has 6 heteroatoms. The largest absolute Gasteiger partial charge is 0.466 e. The van der Waals surface area contributed by atoms with Crippen molar-refractivity contribution in [3.8, 4) is 0 Å². The molecule has 0 fully saturated rings. The molecule has 1 amide bonds. The highest BCUT2D eigenvalue weighted by Crippen LogP contribution is 2.20. The first-order chi connectivity index (χ1) is 40.5. The van der Waals surface area contributed by atoms with Crippen molar-refractivity contribution in [1.29, 1.82) is 0 Å². The van der Waals surface area contributed by atoms with Crippen LogP contribution in [0.1, 0.15) is 438 Å². The van der Waals surface area contributed by atoms with Crippen LogP contribution in [0.5, 0.6) is 0 Å². The van der Waals surface area contributed by atoms with Crippen molar-refractivity contribution >= 4 is 11.9 Å². The van der Waals surface area contributed by atoms with E-state index in [9.17, 15) is 19.8 Å². The summed E-state index contributed by atoms with van der Waals surface area (Å²) in [6, 6.07) is -0.536. The number of carbonyl (C=O) groups is 2. The summed E-state index contributed by atoms with van der Waals surface area (Å²) in [6.45, 7) is 4.99. The van der Waals surface area contributed by atoms with Crippen LogP contribution in [0.25, 0.3) is 0 Å². The first-order valence-electron chi connectivity index (χ1n) is 37.9. The molecule has 0 heterocycles. The van der Waals surface area contributed by atoms with Gasteiger partial charge >= 0.3 is 5.97 Å². The van der Waals surface area contributed by atoms with E-state index in [1.54, 1.807) is 0 Å². The van der Waals surface area contributed by atoms with Gasteiger partial charge in [-0.3, -0.25) is 9.59 Å². The highest BCUT2D eigenvalue weighted by atomic mass is 16.5. The molecule has 2 unspecified atom stereocenters. The van der Waals surface area contributed by atoms with E-state index >= 15 is 0 Å². The second-order valence-electron chi connectivity index (χ2n) is 26.3. The Morgan fingerprint density at radius 2 is 0.573 bits per heavy atom. The Bertz CT molecular complexity index is 1240. The molecular weight excluding hydrogens is 1010 g/mol. The third-order valence-corrected chi connectivity index (χ3v) is 18.1. The molecule has 0 spiro atoms. The van der Waals surface area contributed by atoms with Gasteiger partial charge < -0.3 is 20.3 Å². The normalized spacial score (nSPS) is 12.5. The lowest BCUT2D eigenvalue weighted by atomic mass is 10.0. The van der Waals surface area contributed by atoms with Gasteiger partial charge in [0.15, 0.2) is 0 Å². The van der Waals surface area contributed by atoms with E-state index in [1.165, 1.54) is 366 Å². The van der Waals surface area contributed by atoms with E-state index in [-0.39, 0.29) is 18.5 Å². The van der Waals surface area contributed by atoms with Crippen LogP contribution >= 0.6 is 0 Å². The Hall–Kier alpha value is -1.40. The van der Waals surface area contributed by atoms with Gasteiger partial charge in [0.1, 0.15) is 0 Å².